The molecule has 0 atom stereocenters. The number of nitrogen functional groups attached to an aromatic ring is 1. The van der Waals surface area contributed by atoms with Gasteiger partial charge in [-0.2, -0.15) is 0 Å². The Balaban J connectivity index is 2.43. The Kier molecular flexibility index (Phi) is 2.10. The Morgan fingerprint density at radius 3 is 2.86 bits per heavy atom. The first-order valence-electron chi connectivity index (χ1n) is 4.13. The fourth-order valence-corrected chi connectivity index (χ4v) is 1.25. The van der Waals surface area contributed by atoms with Crippen molar-refractivity contribution in [2.75, 3.05) is 12.8 Å². The predicted molar refractivity (Wildman–Crippen MR) is 52.9 cm³/mol. The summed E-state index contributed by atoms with van der Waals surface area (Å²) in [6.45, 7) is 0. The van der Waals surface area contributed by atoms with Crippen molar-refractivity contribution in [2.24, 2.45) is 0 Å². The molecule has 4 heteroatoms. The van der Waals surface area contributed by atoms with E-state index in [0.717, 1.165) is 11.3 Å². The summed E-state index contributed by atoms with van der Waals surface area (Å²) in [6.07, 6.45) is 2.96. The Hall–Kier alpha value is -1.97. The Bertz CT molecular complexity index is 424. The highest BCUT2D eigenvalue weighted by Crippen LogP contribution is 2.27. The maximum Gasteiger partial charge on any atom is 0.181 e. The van der Waals surface area contributed by atoms with Crippen LogP contribution in [0.2, 0.25) is 0 Å². The standard InChI is InChI=1S/C10H10N2O2/c1-13-10-3-2-7(4-8(10)11)9-5-14-6-12-9/h2-6H,11H2,1H3. The number of benzene rings is 1. The molecule has 0 amide bonds. The van der Waals surface area contributed by atoms with Crippen LogP contribution in [0, 0.1) is 0 Å². The van der Waals surface area contributed by atoms with Crippen molar-refractivity contribution >= 4 is 5.69 Å². The van der Waals surface area contributed by atoms with Gasteiger partial charge >= 0.3 is 0 Å². The van der Waals surface area contributed by atoms with Gasteiger partial charge in [-0.15, -0.1) is 0 Å². The van der Waals surface area contributed by atoms with Gasteiger partial charge in [-0.1, -0.05) is 0 Å². The zero-order valence-electron chi connectivity index (χ0n) is 7.73. The third-order valence-corrected chi connectivity index (χ3v) is 1.96. The number of anilines is 1. The van der Waals surface area contributed by atoms with Crippen LogP contribution >= 0.6 is 0 Å². The minimum absolute atomic E-state index is 0.591. The first-order valence-corrected chi connectivity index (χ1v) is 4.13. The Labute approximate surface area is 81.3 Å². The number of nitrogens with zero attached hydrogens (tertiary/aromatic N) is 1. The van der Waals surface area contributed by atoms with Crippen molar-refractivity contribution < 1.29 is 9.15 Å². The van der Waals surface area contributed by atoms with Crippen LogP contribution < -0.4 is 10.5 Å². The summed E-state index contributed by atoms with van der Waals surface area (Å²) in [4.78, 5) is 4.02. The third kappa shape index (κ3) is 1.42. The fraction of sp³-hybridized carbons (Fsp3) is 0.100. The van der Waals surface area contributed by atoms with Gasteiger partial charge < -0.3 is 14.9 Å². The lowest BCUT2D eigenvalue weighted by atomic mass is 10.1. The molecule has 1 aromatic carbocycles. The largest absolute Gasteiger partial charge is 0.495 e. The molecule has 0 fully saturated rings. The van der Waals surface area contributed by atoms with Crippen molar-refractivity contribution in [1.29, 1.82) is 0 Å². The van der Waals surface area contributed by atoms with Gasteiger partial charge in [0.05, 0.1) is 12.8 Å². The summed E-state index contributed by atoms with van der Waals surface area (Å²) >= 11 is 0. The number of oxazole rings is 1. The van der Waals surface area contributed by atoms with Crippen LogP contribution in [0.4, 0.5) is 5.69 Å². The van der Waals surface area contributed by atoms with E-state index in [1.807, 2.05) is 6.07 Å². The van der Waals surface area contributed by atoms with Gasteiger partial charge in [0, 0.05) is 5.56 Å². The maximum atomic E-state index is 5.75. The molecule has 0 radical (unpaired) electrons. The molecule has 2 rings (SSSR count). The van der Waals surface area contributed by atoms with Gasteiger partial charge in [0.25, 0.3) is 0 Å². The average molecular weight is 190 g/mol. The molecular weight excluding hydrogens is 180 g/mol. The monoisotopic (exact) mass is 190 g/mol. The van der Waals surface area contributed by atoms with Crippen molar-refractivity contribution in [3.05, 3.63) is 30.9 Å². The number of ether oxygens (including phenoxy) is 1. The Morgan fingerprint density at radius 1 is 1.43 bits per heavy atom. The number of methoxy groups -OCH3 is 1. The van der Waals surface area contributed by atoms with E-state index in [-0.39, 0.29) is 0 Å². The van der Waals surface area contributed by atoms with Gasteiger partial charge in [0.1, 0.15) is 17.7 Å². The van der Waals surface area contributed by atoms with Gasteiger partial charge in [-0.3, -0.25) is 0 Å². The summed E-state index contributed by atoms with van der Waals surface area (Å²) < 4.78 is 9.93. The van der Waals surface area contributed by atoms with E-state index in [0.29, 0.717) is 11.4 Å². The van der Waals surface area contributed by atoms with E-state index in [4.69, 9.17) is 14.9 Å². The summed E-state index contributed by atoms with van der Waals surface area (Å²) in [5.41, 5.74) is 8.02. The number of hydrogen-bond donors (Lipinski definition) is 1. The molecular formula is C10H10N2O2. The molecule has 0 saturated carbocycles. The molecule has 72 valence electrons. The number of nitrogens with two attached hydrogens (primary N) is 1. The normalized spacial score (nSPS) is 10.1. The highest BCUT2D eigenvalue weighted by atomic mass is 16.5. The second kappa shape index (κ2) is 3.41. The van der Waals surface area contributed by atoms with Gasteiger partial charge in [0.15, 0.2) is 6.39 Å². The lowest BCUT2D eigenvalue weighted by Crippen LogP contribution is -1.92. The summed E-state index contributed by atoms with van der Waals surface area (Å²) in [6, 6.07) is 5.49. The predicted octanol–water partition coefficient (Wildman–Crippen LogP) is 1.93. The molecule has 0 spiro atoms. The molecule has 1 heterocycles. The van der Waals surface area contributed by atoms with Crippen LogP contribution in [0.5, 0.6) is 5.75 Å². The van der Waals surface area contributed by atoms with Crippen LogP contribution in [0.1, 0.15) is 0 Å². The molecule has 0 saturated heterocycles. The molecule has 0 bridgehead atoms. The van der Waals surface area contributed by atoms with Gasteiger partial charge in [-0.05, 0) is 18.2 Å². The second-order valence-electron chi connectivity index (χ2n) is 2.83. The van der Waals surface area contributed by atoms with Crippen LogP contribution in [0.15, 0.2) is 35.3 Å². The third-order valence-electron chi connectivity index (χ3n) is 1.96. The smallest absolute Gasteiger partial charge is 0.181 e. The molecule has 0 unspecified atom stereocenters. The summed E-state index contributed by atoms with van der Waals surface area (Å²) in [7, 11) is 1.58. The van der Waals surface area contributed by atoms with Crippen LogP contribution in [0.3, 0.4) is 0 Å². The molecule has 0 aliphatic carbocycles. The number of hydrogen-bond acceptors (Lipinski definition) is 4. The van der Waals surface area contributed by atoms with Crippen LogP contribution in [-0.2, 0) is 0 Å². The molecule has 0 aliphatic rings. The minimum Gasteiger partial charge on any atom is -0.495 e. The quantitative estimate of drug-likeness (QED) is 0.735. The SMILES string of the molecule is COc1ccc(-c2cocn2)cc1N. The van der Waals surface area contributed by atoms with Crippen molar-refractivity contribution in [2.45, 2.75) is 0 Å². The number of aromatic nitrogens is 1. The average Bonchev–Trinajstić information content (AvgIpc) is 2.70. The lowest BCUT2D eigenvalue weighted by Gasteiger charge is -2.04. The highest BCUT2D eigenvalue weighted by molar-refractivity contribution is 5.67. The fourth-order valence-electron chi connectivity index (χ4n) is 1.25. The molecule has 1 aromatic heterocycles. The lowest BCUT2D eigenvalue weighted by molar-refractivity contribution is 0.417. The zero-order chi connectivity index (χ0) is 9.97. The van der Waals surface area contributed by atoms with E-state index in [1.165, 1.54) is 6.39 Å². The second-order valence-corrected chi connectivity index (χ2v) is 2.83. The van der Waals surface area contributed by atoms with Crippen molar-refractivity contribution in [3.63, 3.8) is 0 Å². The zero-order valence-corrected chi connectivity index (χ0v) is 7.73. The highest BCUT2D eigenvalue weighted by Gasteiger charge is 2.04. The first-order chi connectivity index (χ1) is 6.81. The summed E-state index contributed by atoms with van der Waals surface area (Å²) in [5, 5.41) is 0. The summed E-state index contributed by atoms with van der Waals surface area (Å²) in [5.74, 6) is 0.664. The van der Waals surface area contributed by atoms with Crippen LogP contribution in [-0.4, -0.2) is 12.1 Å². The molecule has 2 N–H and O–H groups in total. The van der Waals surface area contributed by atoms with E-state index in [1.54, 1.807) is 25.5 Å². The molecule has 0 aliphatic heterocycles. The Morgan fingerprint density at radius 2 is 2.29 bits per heavy atom. The molecule has 2 aromatic rings. The van der Waals surface area contributed by atoms with E-state index < -0.39 is 0 Å². The van der Waals surface area contributed by atoms with Gasteiger partial charge in [0.2, 0.25) is 0 Å². The number of rotatable bonds is 2. The van der Waals surface area contributed by atoms with Gasteiger partial charge in [-0.25, -0.2) is 4.98 Å². The molecule has 14 heavy (non-hydrogen) atoms. The topological polar surface area (TPSA) is 61.3 Å². The molecule has 4 nitrogen and oxygen atoms in total. The first kappa shape index (κ1) is 8.62. The van der Waals surface area contributed by atoms with E-state index in [2.05, 4.69) is 4.98 Å². The van der Waals surface area contributed by atoms with E-state index >= 15 is 0 Å². The van der Waals surface area contributed by atoms with Crippen LogP contribution in [0.25, 0.3) is 11.3 Å². The van der Waals surface area contributed by atoms with E-state index in [9.17, 15) is 0 Å². The van der Waals surface area contributed by atoms with Crippen molar-refractivity contribution in [3.8, 4) is 17.0 Å². The van der Waals surface area contributed by atoms with Crippen molar-refractivity contribution in [1.82, 2.24) is 4.98 Å². The maximum absolute atomic E-state index is 5.75. The minimum atomic E-state index is 0.591.